The van der Waals surface area contributed by atoms with Gasteiger partial charge in [-0.1, -0.05) is 39.0 Å². The fourth-order valence-corrected chi connectivity index (χ4v) is 4.48. The van der Waals surface area contributed by atoms with Crippen LogP contribution in [0.1, 0.15) is 85.5 Å². The van der Waals surface area contributed by atoms with Crippen molar-refractivity contribution in [3.63, 3.8) is 0 Å². The number of rotatable bonds is 7. The number of nitrogens with one attached hydrogen (secondary N) is 1. The standard InChI is InChI=1S/C18H28N2O2S/c1-2-3-4-9-12-15(21)20-18-16(17(19)22)13-10-7-5-6-8-11-14(13)23-18/h2-12H2,1H3,(H2,19,22)(H,20,21). The summed E-state index contributed by atoms with van der Waals surface area (Å²) in [6.07, 6.45) is 11.4. The monoisotopic (exact) mass is 336 g/mol. The summed E-state index contributed by atoms with van der Waals surface area (Å²) >= 11 is 1.55. The molecule has 23 heavy (non-hydrogen) atoms. The molecule has 3 N–H and O–H groups in total. The van der Waals surface area contributed by atoms with Crippen LogP contribution in [0.5, 0.6) is 0 Å². The average Bonchev–Trinajstić information content (AvgIpc) is 2.80. The molecule has 1 aromatic heterocycles. The molecule has 0 saturated heterocycles. The zero-order valence-corrected chi connectivity index (χ0v) is 14.9. The summed E-state index contributed by atoms with van der Waals surface area (Å²) in [6, 6.07) is 0. The molecule has 0 radical (unpaired) electrons. The Bertz CT molecular complexity index is 551. The van der Waals surface area contributed by atoms with E-state index in [0.29, 0.717) is 17.0 Å². The first-order valence-electron chi connectivity index (χ1n) is 8.87. The highest BCUT2D eigenvalue weighted by Gasteiger charge is 2.23. The van der Waals surface area contributed by atoms with E-state index < -0.39 is 5.91 Å². The van der Waals surface area contributed by atoms with Crippen LogP contribution in [-0.2, 0) is 17.6 Å². The fourth-order valence-electron chi connectivity index (χ4n) is 3.17. The lowest BCUT2D eigenvalue weighted by Crippen LogP contribution is -2.18. The van der Waals surface area contributed by atoms with Crippen LogP contribution in [0, 0.1) is 0 Å². The zero-order chi connectivity index (χ0) is 16.7. The molecule has 0 aromatic carbocycles. The number of anilines is 1. The Labute approximate surface area is 142 Å². The molecule has 1 aliphatic rings. The van der Waals surface area contributed by atoms with Gasteiger partial charge in [-0.15, -0.1) is 11.3 Å². The molecule has 2 amide bonds. The second-order valence-electron chi connectivity index (χ2n) is 6.35. The van der Waals surface area contributed by atoms with Gasteiger partial charge in [-0.05, 0) is 37.7 Å². The Morgan fingerprint density at radius 2 is 1.83 bits per heavy atom. The number of carbonyl (C=O) groups is 2. The maximum atomic E-state index is 12.1. The predicted molar refractivity (Wildman–Crippen MR) is 96.1 cm³/mol. The summed E-state index contributed by atoms with van der Waals surface area (Å²) in [7, 11) is 0. The molecule has 5 heteroatoms. The number of hydrogen-bond donors (Lipinski definition) is 2. The van der Waals surface area contributed by atoms with E-state index in [2.05, 4.69) is 12.2 Å². The van der Waals surface area contributed by atoms with Gasteiger partial charge in [-0.2, -0.15) is 0 Å². The van der Waals surface area contributed by atoms with E-state index in [0.717, 1.165) is 56.9 Å². The van der Waals surface area contributed by atoms with Crippen molar-refractivity contribution in [3.8, 4) is 0 Å². The van der Waals surface area contributed by atoms with E-state index in [1.54, 1.807) is 11.3 Å². The second kappa shape index (κ2) is 9.06. The van der Waals surface area contributed by atoms with Crippen LogP contribution in [0.2, 0.25) is 0 Å². The number of primary amides is 1. The van der Waals surface area contributed by atoms with E-state index in [4.69, 9.17) is 5.73 Å². The first-order chi connectivity index (χ1) is 11.1. The summed E-state index contributed by atoms with van der Waals surface area (Å²) in [5, 5.41) is 3.62. The predicted octanol–water partition coefficient (Wildman–Crippen LogP) is 4.41. The highest BCUT2D eigenvalue weighted by molar-refractivity contribution is 7.17. The molecule has 0 spiro atoms. The van der Waals surface area contributed by atoms with Gasteiger partial charge in [0, 0.05) is 11.3 Å². The van der Waals surface area contributed by atoms with E-state index >= 15 is 0 Å². The Morgan fingerprint density at radius 3 is 2.52 bits per heavy atom. The minimum Gasteiger partial charge on any atom is -0.365 e. The minimum atomic E-state index is -0.413. The van der Waals surface area contributed by atoms with Crippen molar-refractivity contribution in [3.05, 3.63) is 16.0 Å². The van der Waals surface area contributed by atoms with E-state index in [9.17, 15) is 9.59 Å². The number of unbranched alkanes of at least 4 members (excludes halogenated alkanes) is 3. The summed E-state index contributed by atoms with van der Waals surface area (Å²) in [5.41, 5.74) is 7.26. The van der Waals surface area contributed by atoms with E-state index in [-0.39, 0.29) is 5.91 Å². The number of nitrogens with two attached hydrogens (primary N) is 1. The molecule has 0 bridgehead atoms. The van der Waals surface area contributed by atoms with Crippen LogP contribution < -0.4 is 11.1 Å². The molecule has 4 nitrogen and oxygen atoms in total. The van der Waals surface area contributed by atoms with Gasteiger partial charge in [0.05, 0.1) is 5.56 Å². The number of carbonyl (C=O) groups excluding carboxylic acids is 2. The third-order valence-corrected chi connectivity index (χ3v) is 5.64. The second-order valence-corrected chi connectivity index (χ2v) is 7.45. The van der Waals surface area contributed by atoms with Gasteiger partial charge in [0.1, 0.15) is 5.00 Å². The number of aryl methyl sites for hydroxylation is 1. The average molecular weight is 337 g/mol. The Balaban J connectivity index is 2.09. The highest BCUT2D eigenvalue weighted by atomic mass is 32.1. The number of amides is 2. The van der Waals surface area contributed by atoms with E-state index in [1.807, 2.05) is 0 Å². The van der Waals surface area contributed by atoms with Gasteiger partial charge >= 0.3 is 0 Å². The maximum absolute atomic E-state index is 12.1. The maximum Gasteiger partial charge on any atom is 0.251 e. The quantitative estimate of drug-likeness (QED) is 0.724. The third kappa shape index (κ3) is 5.06. The lowest BCUT2D eigenvalue weighted by molar-refractivity contribution is -0.116. The van der Waals surface area contributed by atoms with Gasteiger partial charge in [0.2, 0.25) is 5.91 Å². The molecule has 1 aliphatic carbocycles. The van der Waals surface area contributed by atoms with Crippen LogP contribution in [0.15, 0.2) is 0 Å². The minimum absolute atomic E-state index is 0.00201. The summed E-state index contributed by atoms with van der Waals surface area (Å²) < 4.78 is 0. The van der Waals surface area contributed by atoms with Crippen molar-refractivity contribution < 1.29 is 9.59 Å². The molecule has 0 atom stereocenters. The van der Waals surface area contributed by atoms with Crippen molar-refractivity contribution in [2.45, 2.75) is 77.6 Å². The smallest absolute Gasteiger partial charge is 0.251 e. The van der Waals surface area contributed by atoms with Gasteiger partial charge in [0.25, 0.3) is 5.91 Å². The van der Waals surface area contributed by atoms with Crippen molar-refractivity contribution in [1.29, 1.82) is 0 Å². The molecule has 1 heterocycles. The first kappa shape index (κ1) is 18.0. The van der Waals surface area contributed by atoms with Crippen LogP contribution in [0.3, 0.4) is 0 Å². The number of fused-ring (bicyclic) bond motifs is 1. The molecule has 0 saturated carbocycles. The van der Waals surface area contributed by atoms with Crippen LogP contribution in [0.25, 0.3) is 0 Å². The third-order valence-electron chi connectivity index (χ3n) is 4.43. The summed E-state index contributed by atoms with van der Waals surface area (Å²) in [4.78, 5) is 25.3. The SMILES string of the molecule is CCCCCCC(=O)Nc1sc2c(c1C(N)=O)CCCCCC2. The lowest BCUT2D eigenvalue weighted by Gasteiger charge is -2.10. The Hall–Kier alpha value is -1.36. The fraction of sp³-hybridized carbons (Fsp3) is 0.667. The van der Waals surface area contributed by atoms with Crippen LogP contribution in [-0.4, -0.2) is 11.8 Å². The summed E-state index contributed by atoms with van der Waals surface area (Å²) in [5.74, 6) is -0.415. The molecule has 2 rings (SSSR count). The largest absolute Gasteiger partial charge is 0.365 e. The first-order valence-corrected chi connectivity index (χ1v) is 9.69. The molecule has 0 unspecified atom stereocenters. The van der Waals surface area contributed by atoms with Crippen LogP contribution in [0.4, 0.5) is 5.00 Å². The van der Waals surface area contributed by atoms with Crippen molar-refractivity contribution in [2.75, 3.05) is 5.32 Å². The van der Waals surface area contributed by atoms with Gasteiger partial charge in [-0.3, -0.25) is 9.59 Å². The van der Waals surface area contributed by atoms with Crippen molar-refractivity contribution in [1.82, 2.24) is 0 Å². The van der Waals surface area contributed by atoms with Crippen molar-refractivity contribution >= 4 is 28.2 Å². The molecular weight excluding hydrogens is 308 g/mol. The molecule has 128 valence electrons. The molecule has 0 fully saturated rings. The van der Waals surface area contributed by atoms with Crippen LogP contribution >= 0.6 is 11.3 Å². The number of hydrogen-bond acceptors (Lipinski definition) is 3. The van der Waals surface area contributed by atoms with Gasteiger partial charge < -0.3 is 11.1 Å². The topological polar surface area (TPSA) is 72.2 Å². The highest BCUT2D eigenvalue weighted by Crippen LogP contribution is 2.36. The molecule has 1 aromatic rings. The van der Waals surface area contributed by atoms with Crippen molar-refractivity contribution in [2.24, 2.45) is 5.73 Å². The summed E-state index contributed by atoms with van der Waals surface area (Å²) in [6.45, 7) is 2.15. The lowest BCUT2D eigenvalue weighted by atomic mass is 9.96. The zero-order valence-electron chi connectivity index (χ0n) is 14.1. The molecular formula is C18H28N2O2S. The molecule has 0 aliphatic heterocycles. The van der Waals surface area contributed by atoms with E-state index in [1.165, 1.54) is 17.7 Å². The van der Waals surface area contributed by atoms with Gasteiger partial charge in [0.15, 0.2) is 0 Å². The Morgan fingerprint density at radius 1 is 1.09 bits per heavy atom. The Kier molecular flexibility index (Phi) is 7.09. The normalized spacial score (nSPS) is 14.7. The van der Waals surface area contributed by atoms with Gasteiger partial charge in [-0.25, -0.2) is 0 Å². The number of thiophene rings is 1.